The highest BCUT2D eigenvalue weighted by Gasteiger charge is 2.23. The van der Waals surface area contributed by atoms with Gasteiger partial charge < -0.3 is 15.4 Å². The van der Waals surface area contributed by atoms with E-state index >= 15 is 0 Å². The van der Waals surface area contributed by atoms with Crippen LogP contribution in [0.4, 0.5) is 11.4 Å². The lowest BCUT2D eigenvalue weighted by Crippen LogP contribution is -2.26. The van der Waals surface area contributed by atoms with Crippen molar-refractivity contribution in [2.45, 2.75) is 32.3 Å². The Kier molecular flexibility index (Phi) is 6.55. The molecule has 2 N–H and O–H groups in total. The van der Waals surface area contributed by atoms with Crippen molar-refractivity contribution in [1.82, 2.24) is 4.98 Å². The largest absolute Gasteiger partial charge is 0.368 e. The molecule has 1 saturated heterocycles. The molecule has 1 atom stereocenters. The van der Waals surface area contributed by atoms with Gasteiger partial charge in [0.25, 0.3) is 5.91 Å². The average molecular weight is 466 g/mol. The summed E-state index contributed by atoms with van der Waals surface area (Å²) < 4.78 is 5.42. The summed E-state index contributed by atoms with van der Waals surface area (Å²) in [5, 5.41) is 6.87. The maximum Gasteiger partial charge on any atom is 0.253 e. The van der Waals surface area contributed by atoms with E-state index in [4.69, 9.17) is 9.72 Å². The van der Waals surface area contributed by atoms with Crippen LogP contribution in [0.2, 0.25) is 0 Å². The highest BCUT2D eigenvalue weighted by atomic mass is 16.5. The first kappa shape index (κ1) is 22.7. The molecule has 176 valence electrons. The average Bonchev–Trinajstić information content (AvgIpc) is 3.42. The Morgan fingerprint density at radius 1 is 0.914 bits per heavy atom. The molecule has 0 spiro atoms. The highest BCUT2D eigenvalue weighted by molar-refractivity contribution is 6.00. The Morgan fingerprint density at radius 3 is 2.31 bits per heavy atom. The van der Waals surface area contributed by atoms with Crippen molar-refractivity contribution in [3.05, 3.63) is 90.1 Å². The van der Waals surface area contributed by atoms with Gasteiger partial charge in [0.1, 0.15) is 6.10 Å². The number of nitrogens with one attached hydrogen (secondary N) is 2. The minimum Gasteiger partial charge on any atom is -0.368 e. The van der Waals surface area contributed by atoms with Gasteiger partial charge in [0.05, 0.1) is 11.9 Å². The minimum absolute atomic E-state index is 0.126. The number of aromatic nitrogens is 1. The molecule has 0 radical (unpaired) electrons. The van der Waals surface area contributed by atoms with E-state index in [0.717, 1.165) is 46.1 Å². The molecular formula is C29H27N3O3. The molecule has 2 heterocycles. The summed E-state index contributed by atoms with van der Waals surface area (Å²) in [4.78, 5) is 30.1. The lowest BCUT2D eigenvalue weighted by molar-refractivity contribution is -0.124. The van der Waals surface area contributed by atoms with Gasteiger partial charge in [-0.1, -0.05) is 48.5 Å². The van der Waals surface area contributed by atoms with Crippen molar-refractivity contribution >= 4 is 34.1 Å². The van der Waals surface area contributed by atoms with E-state index in [1.807, 2.05) is 43.3 Å². The molecule has 0 saturated carbocycles. The van der Waals surface area contributed by atoms with E-state index in [2.05, 4.69) is 28.8 Å². The number of anilines is 2. The zero-order valence-electron chi connectivity index (χ0n) is 19.6. The van der Waals surface area contributed by atoms with Crippen LogP contribution in [-0.4, -0.2) is 29.5 Å². The van der Waals surface area contributed by atoms with Crippen molar-refractivity contribution < 1.29 is 14.3 Å². The molecule has 2 amide bonds. The Hall–Kier alpha value is -4.03. The van der Waals surface area contributed by atoms with Gasteiger partial charge in [0.15, 0.2) is 0 Å². The van der Waals surface area contributed by atoms with Crippen LogP contribution in [-0.2, 0) is 20.7 Å². The fourth-order valence-corrected chi connectivity index (χ4v) is 4.53. The number of rotatable bonds is 6. The van der Waals surface area contributed by atoms with Crippen LogP contribution in [0.5, 0.6) is 0 Å². The van der Waals surface area contributed by atoms with Crippen LogP contribution >= 0.6 is 0 Å². The molecule has 0 aliphatic carbocycles. The quantitative estimate of drug-likeness (QED) is 0.394. The lowest BCUT2D eigenvalue weighted by atomic mass is 9.92. The van der Waals surface area contributed by atoms with Gasteiger partial charge in [0.2, 0.25) is 5.91 Å². The van der Waals surface area contributed by atoms with E-state index in [-0.39, 0.29) is 24.3 Å². The molecule has 1 aliphatic heterocycles. The van der Waals surface area contributed by atoms with Gasteiger partial charge in [0, 0.05) is 29.1 Å². The fourth-order valence-electron chi connectivity index (χ4n) is 4.53. The van der Waals surface area contributed by atoms with E-state index < -0.39 is 0 Å². The predicted octanol–water partition coefficient (Wildman–Crippen LogP) is 5.51. The third-order valence-corrected chi connectivity index (χ3v) is 6.26. The molecule has 3 aromatic carbocycles. The van der Waals surface area contributed by atoms with Gasteiger partial charge in [-0.15, -0.1) is 0 Å². The number of hydrogen-bond donors (Lipinski definition) is 2. The summed E-state index contributed by atoms with van der Waals surface area (Å²) in [6.07, 6.45) is 1.47. The lowest BCUT2D eigenvalue weighted by Gasteiger charge is -2.16. The summed E-state index contributed by atoms with van der Waals surface area (Å²) in [5.74, 6) is -0.259. The number of aryl methyl sites for hydroxylation is 1. The van der Waals surface area contributed by atoms with E-state index in [1.165, 1.54) is 0 Å². The van der Waals surface area contributed by atoms with Crippen molar-refractivity contribution in [3.63, 3.8) is 0 Å². The summed E-state index contributed by atoms with van der Waals surface area (Å²) in [7, 11) is 0. The Morgan fingerprint density at radius 2 is 1.60 bits per heavy atom. The Bertz CT molecular complexity index is 1360. The molecule has 0 bridgehead atoms. The number of pyridine rings is 1. The molecule has 1 fully saturated rings. The van der Waals surface area contributed by atoms with Gasteiger partial charge in [-0.2, -0.15) is 0 Å². The maximum atomic E-state index is 13.1. The van der Waals surface area contributed by atoms with Crippen LogP contribution in [0, 0.1) is 6.92 Å². The monoisotopic (exact) mass is 465 g/mol. The third-order valence-electron chi connectivity index (χ3n) is 6.26. The first-order valence-electron chi connectivity index (χ1n) is 11.8. The van der Waals surface area contributed by atoms with Gasteiger partial charge >= 0.3 is 0 Å². The number of carbonyl (C=O) groups excluding carboxylic acids is 2. The summed E-state index contributed by atoms with van der Waals surface area (Å²) in [6, 6.07) is 25.3. The van der Waals surface area contributed by atoms with E-state index in [0.29, 0.717) is 18.0 Å². The molecule has 35 heavy (non-hydrogen) atoms. The van der Waals surface area contributed by atoms with E-state index in [9.17, 15) is 9.59 Å². The van der Waals surface area contributed by atoms with Gasteiger partial charge in [-0.05, 0) is 66.8 Å². The number of hydrogen-bond acceptors (Lipinski definition) is 4. The molecular weight excluding hydrogens is 438 g/mol. The minimum atomic E-state index is -0.382. The first-order valence-corrected chi connectivity index (χ1v) is 11.8. The molecule has 6 nitrogen and oxygen atoms in total. The normalized spacial score (nSPS) is 15.2. The standard InChI is InChI=1S/C29H27N3O3/c1-19-24(28(20-8-3-2-4-9-20)23-10-5-6-11-25(23)30-19)18-27(33)31-21-13-15-22(16-14-21)32-29(34)26-12-7-17-35-26/h2-6,8-11,13-16,26H,7,12,17-18H2,1H3,(H,31,33)(H,32,34). The summed E-state index contributed by atoms with van der Waals surface area (Å²) >= 11 is 0. The number of carbonyl (C=O) groups is 2. The molecule has 6 heteroatoms. The number of para-hydroxylation sites is 1. The molecule has 1 aliphatic rings. The third kappa shape index (κ3) is 5.08. The number of benzene rings is 3. The predicted molar refractivity (Wildman–Crippen MR) is 138 cm³/mol. The second kappa shape index (κ2) is 10.1. The number of nitrogens with zero attached hydrogens (tertiary/aromatic N) is 1. The summed E-state index contributed by atoms with van der Waals surface area (Å²) in [6.45, 7) is 2.58. The van der Waals surface area contributed by atoms with Crippen LogP contribution in [0.25, 0.3) is 22.0 Å². The van der Waals surface area contributed by atoms with Crippen LogP contribution in [0.3, 0.4) is 0 Å². The molecule has 5 rings (SSSR count). The molecule has 4 aromatic rings. The SMILES string of the molecule is Cc1nc2ccccc2c(-c2ccccc2)c1CC(=O)Nc1ccc(NC(=O)C2CCCO2)cc1. The highest BCUT2D eigenvalue weighted by Crippen LogP contribution is 2.33. The van der Waals surface area contributed by atoms with Crippen molar-refractivity contribution in [2.24, 2.45) is 0 Å². The van der Waals surface area contributed by atoms with E-state index in [1.54, 1.807) is 24.3 Å². The fraction of sp³-hybridized carbons (Fsp3) is 0.207. The van der Waals surface area contributed by atoms with Gasteiger partial charge in [-0.25, -0.2) is 0 Å². The van der Waals surface area contributed by atoms with Crippen molar-refractivity contribution in [1.29, 1.82) is 0 Å². The summed E-state index contributed by atoms with van der Waals surface area (Å²) in [5.41, 5.74) is 6.09. The topological polar surface area (TPSA) is 80.3 Å². The smallest absolute Gasteiger partial charge is 0.253 e. The number of fused-ring (bicyclic) bond motifs is 1. The second-order valence-corrected chi connectivity index (χ2v) is 8.73. The van der Waals surface area contributed by atoms with Crippen molar-refractivity contribution in [3.8, 4) is 11.1 Å². The van der Waals surface area contributed by atoms with Crippen LogP contribution in [0.15, 0.2) is 78.9 Å². The zero-order valence-corrected chi connectivity index (χ0v) is 19.6. The maximum absolute atomic E-state index is 13.1. The molecule has 1 aromatic heterocycles. The number of ether oxygens (including phenoxy) is 1. The van der Waals surface area contributed by atoms with Crippen LogP contribution < -0.4 is 10.6 Å². The van der Waals surface area contributed by atoms with Crippen LogP contribution in [0.1, 0.15) is 24.1 Å². The zero-order chi connectivity index (χ0) is 24.2. The van der Waals surface area contributed by atoms with Gasteiger partial charge in [-0.3, -0.25) is 14.6 Å². The number of amides is 2. The molecule has 1 unspecified atom stereocenters. The Labute approximate surface area is 204 Å². The Balaban J connectivity index is 1.34. The first-order chi connectivity index (χ1) is 17.1. The second-order valence-electron chi connectivity index (χ2n) is 8.73. The van der Waals surface area contributed by atoms with Crippen molar-refractivity contribution in [2.75, 3.05) is 17.2 Å².